The van der Waals surface area contributed by atoms with Crippen molar-refractivity contribution in [3.63, 3.8) is 0 Å². The molecule has 2 N–H and O–H groups in total. The second kappa shape index (κ2) is 8.09. The van der Waals surface area contributed by atoms with Crippen LogP contribution in [0.1, 0.15) is 15.9 Å². The van der Waals surface area contributed by atoms with Crippen LogP contribution < -0.4 is 15.4 Å². The molecule has 1 amide bonds. The number of hydrogen-bond donors (Lipinski definition) is 2. The average Bonchev–Trinajstić information content (AvgIpc) is 2.56. The molecule has 0 atom stereocenters. The summed E-state index contributed by atoms with van der Waals surface area (Å²) < 4.78 is 10.2. The third kappa shape index (κ3) is 4.65. The SMILES string of the molecule is COCCNc1ncc(C(=O)Nc2cc(C)ccc2OC)cn1. The number of rotatable bonds is 7. The molecule has 122 valence electrons. The van der Waals surface area contributed by atoms with Crippen LogP contribution in [0.5, 0.6) is 5.75 Å². The molecule has 0 bridgehead atoms. The van der Waals surface area contributed by atoms with Gasteiger partial charge in [-0.15, -0.1) is 0 Å². The van der Waals surface area contributed by atoms with E-state index < -0.39 is 0 Å². The maximum atomic E-state index is 12.3. The first-order chi connectivity index (χ1) is 11.1. The summed E-state index contributed by atoms with van der Waals surface area (Å²) in [6, 6.07) is 5.57. The highest BCUT2D eigenvalue weighted by atomic mass is 16.5. The van der Waals surface area contributed by atoms with Crippen LogP contribution in [0.15, 0.2) is 30.6 Å². The van der Waals surface area contributed by atoms with Crippen molar-refractivity contribution in [3.8, 4) is 5.75 Å². The van der Waals surface area contributed by atoms with E-state index in [0.717, 1.165) is 5.56 Å². The van der Waals surface area contributed by atoms with Crippen LogP contribution in [0, 0.1) is 6.92 Å². The highest BCUT2D eigenvalue weighted by Gasteiger charge is 2.11. The van der Waals surface area contributed by atoms with Crippen LogP contribution in [0.3, 0.4) is 0 Å². The predicted octanol–water partition coefficient (Wildman–Crippen LogP) is 2.10. The smallest absolute Gasteiger partial charge is 0.258 e. The number of aromatic nitrogens is 2. The molecule has 0 aliphatic carbocycles. The highest BCUT2D eigenvalue weighted by molar-refractivity contribution is 6.04. The molecule has 0 unspecified atom stereocenters. The summed E-state index contributed by atoms with van der Waals surface area (Å²) >= 11 is 0. The number of nitrogens with zero attached hydrogens (tertiary/aromatic N) is 2. The second-order valence-corrected chi connectivity index (χ2v) is 4.87. The van der Waals surface area contributed by atoms with Gasteiger partial charge in [0.2, 0.25) is 5.95 Å². The Hall–Kier alpha value is -2.67. The first-order valence-corrected chi connectivity index (χ1v) is 7.15. The van der Waals surface area contributed by atoms with Crippen molar-refractivity contribution < 1.29 is 14.3 Å². The summed E-state index contributed by atoms with van der Waals surface area (Å²) in [7, 11) is 3.18. The lowest BCUT2D eigenvalue weighted by molar-refractivity contribution is 0.102. The molecule has 0 saturated heterocycles. The highest BCUT2D eigenvalue weighted by Crippen LogP contribution is 2.25. The molecule has 0 aliphatic rings. The van der Waals surface area contributed by atoms with Gasteiger partial charge in [0, 0.05) is 26.0 Å². The molecule has 1 heterocycles. The zero-order valence-corrected chi connectivity index (χ0v) is 13.4. The predicted molar refractivity (Wildman–Crippen MR) is 88.1 cm³/mol. The van der Waals surface area contributed by atoms with E-state index in [-0.39, 0.29) is 5.91 Å². The zero-order chi connectivity index (χ0) is 16.7. The van der Waals surface area contributed by atoms with Gasteiger partial charge in [-0.1, -0.05) is 6.07 Å². The molecule has 7 heteroatoms. The summed E-state index contributed by atoms with van der Waals surface area (Å²) in [5, 5.41) is 5.79. The third-order valence-electron chi connectivity index (χ3n) is 3.11. The van der Waals surface area contributed by atoms with Gasteiger partial charge in [0.05, 0.1) is 25.0 Å². The quantitative estimate of drug-likeness (QED) is 0.761. The van der Waals surface area contributed by atoms with Crippen molar-refractivity contribution in [3.05, 3.63) is 41.7 Å². The number of benzene rings is 1. The number of carbonyl (C=O) groups excluding carboxylic acids is 1. The first-order valence-electron chi connectivity index (χ1n) is 7.15. The number of hydrogen-bond acceptors (Lipinski definition) is 6. The van der Waals surface area contributed by atoms with Gasteiger partial charge in [0.25, 0.3) is 5.91 Å². The van der Waals surface area contributed by atoms with E-state index in [1.165, 1.54) is 12.4 Å². The fourth-order valence-electron chi connectivity index (χ4n) is 1.92. The van der Waals surface area contributed by atoms with E-state index in [2.05, 4.69) is 20.6 Å². The van der Waals surface area contributed by atoms with Gasteiger partial charge >= 0.3 is 0 Å². The summed E-state index contributed by atoms with van der Waals surface area (Å²) in [5.41, 5.74) is 2.00. The van der Waals surface area contributed by atoms with Crippen LogP contribution in [-0.4, -0.2) is 43.2 Å². The topological polar surface area (TPSA) is 85.4 Å². The number of methoxy groups -OCH3 is 2. The Morgan fingerprint density at radius 1 is 1.22 bits per heavy atom. The largest absolute Gasteiger partial charge is 0.495 e. The Morgan fingerprint density at radius 3 is 2.61 bits per heavy atom. The Labute approximate surface area is 135 Å². The lowest BCUT2D eigenvalue weighted by atomic mass is 10.2. The number of anilines is 2. The van der Waals surface area contributed by atoms with Gasteiger partial charge in [0.15, 0.2) is 0 Å². The Balaban J connectivity index is 2.05. The van der Waals surface area contributed by atoms with Gasteiger partial charge in [0.1, 0.15) is 5.75 Å². The van der Waals surface area contributed by atoms with Crippen LogP contribution in [0.4, 0.5) is 11.6 Å². The fourth-order valence-corrected chi connectivity index (χ4v) is 1.92. The molecular formula is C16H20N4O3. The second-order valence-electron chi connectivity index (χ2n) is 4.87. The Morgan fingerprint density at radius 2 is 1.96 bits per heavy atom. The minimum Gasteiger partial charge on any atom is -0.495 e. The van der Waals surface area contributed by atoms with Crippen LogP contribution in [0.25, 0.3) is 0 Å². The van der Waals surface area contributed by atoms with Crippen molar-refractivity contribution in [2.45, 2.75) is 6.92 Å². The number of aryl methyl sites for hydroxylation is 1. The van der Waals surface area contributed by atoms with E-state index in [1.54, 1.807) is 14.2 Å². The molecule has 23 heavy (non-hydrogen) atoms. The minimum absolute atomic E-state index is 0.294. The Bertz CT molecular complexity index is 659. The van der Waals surface area contributed by atoms with E-state index in [1.807, 2.05) is 25.1 Å². The third-order valence-corrected chi connectivity index (χ3v) is 3.11. The molecule has 1 aromatic heterocycles. The molecule has 7 nitrogen and oxygen atoms in total. The maximum Gasteiger partial charge on any atom is 0.258 e. The lowest BCUT2D eigenvalue weighted by Gasteiger charge is -2.11. The summed E-state index contributed by atoms with van der Waals surface area (Å²) in [5.74, 6) is 0.756. The van der Waals surface area contributed by atoms with Crippen LogP contribution >= 0.6 is 0 Å². The summed E-state index contributed by atoms with van der Waals surface area (Å²) in [6.07, 6.45) is 2.94. The number of amides is 1. The van der Waals surface area contributed by atoms with Crippen molar-refractivity contribution in [2.75, 3.05) is 38.0 Å². The minimum atomic E-state index is -0.294. The average molecular weight is 316 g/mol. The van der Waals surface area contributed by atoms with E-state index in [0.29, 0.717) is 36.1 Å². The Kier molecular flexibility index (Phi) is 5.87. The standard InChI is InChI=1S/C16H20N4O3/c1-11-4-5-14(23-3)13(8-11)20-15(21)12-9-18-16(19-10-12)17-6-7-22-2/h4-5,8-10H,6-7H2,1-3H3,(H,20,21)(H,17,18,19). The van der Waals surface area contributed by atoms with Gasteiger partial charge in [-0.3, -0.25) is 4.79 Å². The van der Waals surface area contributed by atoms with Crippen LogP contribution in [-0.2, 0) is 4.74 Å². The van der Waals surface area contributed by atoms with Gasteiger partial charge in [-0.25, -0.2) is 9.97 Å². The van der Waals surface area contributed by atoms with Gasteiger partial charge in [-0.05, 0) is 24.6 Å². The van der Waals surface area contributed by atoms with Crippen molar-refractivity contribution >= 4 is 17.5 Å². The molecule has 1 aromatic carbocycles. The molecule has 2 rings (SSSR count). The van der Waals surface area contributed by atoms with Crippen molar-refractivity contribution in [1.82, 2.24) is 9.97 Å². The molecule has 0 aliphatic heterocycles. The van der Waals surface area contributed by atoms with Gasteiger partial charge in [-0.2, -0.15) is 0 Å². The number of ether oxygens (including phenoxy) is 2. The van der Waals surface area contributed by atoms with E-state index >= 15 is 0 Å². The first kappa shape index (κ1) is 16.7. The van der Waals surface area contributed by atoms with Crippen molar-refractivity contribution in [1.29, 1.82) is 0 Å². The molecule has 0 fully saturated rings. The fraction of sp³-hybridized carbons (Fsp3) is 0.312. The molecule has 0 spiro atoms. The lowest BCUT2D eigenvalue weighted by Crippen LogP contribution is -2.15. The van der Waals surface area contributed by atoms with Crippen molar-refractivity contribution in [2.24, 2.45) is 0 Å². The normalized spacial score (nSPS) is 10.2. The van der Waals surface area contributed by atoms with Crippen LogP contribution in [0.2, 0.25) is 0 Å². The van der Waals surface area contributed by atoms with E-state index in [9.17, 15) is 4.79 Å². The molecule has 0 radical (unpaired) electrons. The zero-order valence-electron chi connectivity index (χ0n) is 13.4. The number of carbonyl (C=O) groups is 1. The monoisotopic (exact) mass is 316 g/mol. The molecular weight excluding hydrogens is 296 g/mol. The summed E-state index contributed by atoms with van der Waals surface area (Å²) in [6.45, 7) is 3.10. The maximum absolute atomic E-state index is 12.3. The molecule has 0 saturated carbocycles. The summed E-state index contributed by atoms with van der Waals surface area (Å²) in [4.78, 5) is 20.5. The number of nitrogens with one attached hydrogen (secondary N) is 2. The molecule has 2 aromatic rings. The van der Waals surface area contributed by atoms with Gasteiger partial charge < -0.3 is 20.1 Å². The van der Waals surface area contributed by atoms with E-state index in [4.69, 9.17) is 9.47 Å².